The van der Waals surface area contributed by atoms with Gasteiger partial charge in [-0.05, 0) is 42.8 Å². The summed E-state index contributed by atoms with van der Waals surface area (Å²) in [6.07, 6.45) is 7.57. The summed E-state index contributed by atoms with van der Waals surface area (Å²) in [5.41, 5.74) is 0.639. The Morgan fingerprint density at radius 1 is 1.28 bits per heavy atom. The van der Waals surface area contributed by atoms with Crippen LogP contribution < -0.4 is 0 Å². The van der Waals surface area contributed by atoms with E-state index in [1.165, 1.54) is 11.8 Å². The monoisotopic (exact) mass is 404 g/mol. The number of aryl methyl sites for hydroxylation is 1. The average molecular weight is 405 g/mol. The fourth-order valence-corrected chi connectivity index (χ4v) is 4.87. The Bertz CT molecular complexity index is 787. The van der Waals surface area contributed by atoms with E-state index in [1.54, 1.807) is 0 Å². The number of hydrogen-bond donors (Lipinski definition) is 1. The van der Waals surface area contributed by atoms with E-state index in [4.69, 9.17) is 0 Å². The topological polar surface area (TPSA) is 45.5 Å². The molecular weight excluding hydrogens is 380 g/mol. The zero-order chi connectivity index (χ0) is 17.4. The number of aromatic nitrogens is 1. The van der Waals surface area contributed by atoms with Crippen molar-refractivity contribution >= 4 is 32.7 Å². The maximum atomic E-state index is 12.7. The first-order valence-electron chi connectivity index (χ1n) is 9.30. The van der Waals surface area contributed by atoms with Crippen molar-refractivity contribution in [1.82, 2.24) is 9.47 Å². The van der Waals surface area contributed by atoms with Crippen LogP contribution in [0.4, 0.5) is 0 Å². The zero-order valence-corrected chi connectivity index (χ0v) is 16.0. The van der Waals surface area contributed by atoms with Crippen molar-refractivity contribution in [1.29, 1.82) is 0 Å². The normalized spacial score (nSPS) is 26.6. The van der Waals surface area contributed by atoms with Crippen molar-refractivity contribution in [2.45, 2.75) is 50.7 Å². The van der Waals surface area contributed by atoms with Gasteiger partial charge in [0.25, 0.3) is 0 Å². The first-order valence-corrected chi connectivity index (χ1v) is 10.1. The number of likely N-dealkylation sites (tertiary alicyclic amines) is 1. The van der Waals surface area contributed by atoms with E-state index >= 15 is 0 Å². The number of fused-ring (bicyclic) bond motifs is 2. The van der Waals surface area contributed by atoms with E-state index < -0.39 is 5.60 Å². The van der Waals surface area contributed by atoms with Gasteiger partial charge in [-0.2, -0.15) is 0 Å². The summed E-state index contributed by atoms with van der Waals surface area (Å²) in [5.74, 6) is 0.479. The molecule has 1 saturated heterocycles. The van der Waals surface area contributed by atoms with Gasteiger partial charge in [0, 0.05) is 48.2 Å². The molecule has 1 saturated carbocycles. The second-order valence-corrected chi connectivity index (χ2v) is 8.51. The highest BCUT2D eigenvalue weighted by Crippen LogP contribution is 2.39. The summed E-state index contributed by atoms with van der Waals surface area (Å²) in [4.78, 5) is 14.7. The molecule has 2 heterocycles. The maximum Gasteiger partial charge on any atom is 0.224 e. The second-order valence-electron chi connectivity index (χ2n) is 7.60. The van der Waals surface area contributed by atoms with Crippen LogP contribution in [0.1, 0.15) is 38.5 Å². The highest BCUT2D eigenvalue weighted by atomic mass is 79.9. The molecule has 2 unspecified atom stereocenters. The molecule has 0 spiro atoms. The van der Waals surface area contributed by atoms with Crippen LogP contribution in [0.3, 0.4) is 0 Å². The summed E-state index contributed by atoms with van der Waals surface area (Å²) in [6, 6.07) is 8.32. The molecule has 0 radical (unpaired) electrons. The number of carbonyl (C=O) groups excluding carboxylic acids is 1. The van der Waals surface area contributed by atoms with Gasteiger partial charge in [-0.3, -0.25) is 4.79 Å². The minimum absolute atomic E-state index is 0.212. The number of rotatable bonds is 3. The summed E-state index contributed by atoms with van der Waals surface area (Å²) < 4.78 is 3.21. The molecular formula is C20H25BrN2O2. The molecule has 0 bridgehead atoms. The molecule has 5 heteroatoms. The van der Waals surface area contributed by atoms with Crippen molar-refractivity contribution in [3.8, 4) is 0 Å². The highest BCUT2D eigenvalue weighted by Gasteiger charge is 2.43. The summed E-state index contributed by atoms with van der Waals surface area (Å²) in [5, 5.41) is 12.0. The molecule has 4 rings (SSSR count). The van der Waals surface area contributed by atoms with Gasteiger partial charge in [0.05, 0.1) is 5.60 Å². The van der Waals surface area contributed by atoms with Crippen LogP contribution in [0.2, 0.25) is 0 Å². The standard InChI is InChI=1S/C20H25BrN2O2/c21-17-5-4-15-6-10-22(18(15)13-17)11-7-19(24)23-12-9-20(25)8-2-1-3-16(20)14-23/h4-6,10,13,16,25H,1-3,7-9,11-12,14H2. The lowest BCUT2D eigenvalue weighted by Gasteiger charge is -2.47. The van der Waals surface area contributed by atoms with Crippen molar-refractivity contribution in [3.05, 3.63) is 34.9 Å². The van der Waals surface area contributed by atoms with Crippen LogP contribution in [-0.2, 0) is 11.3 Å². The van der Waals surface area contributed by atoms with E-state index in [1.807, 2.05) is 11.0 Å². The van der Waals surface area contributed by atoms with Gasteiger partial charge in [0.15, 0.2) is 0 Å². The van der Waals surface area contributed by atoms with Crippen LogP contribution in [0.5, 0.6) is 0 Å². The van der Waals surface area contributed by atoms with Crippen LogP contribution >= 0.6 is 15.9 Å². The molecule has 4 nitrogen and oxygen atoms in total. The Morgan fingerprint density at radius 2 is 2.16 bits per heavy atom. The minimum atomic E-state index is -0.516. The Morgan fingerprint density at radius 3 is 3.04 bits per heavy atom. The van der Waals surface area contributed by atoms with Gasteiger partial charge in [0.1, 0.15) is 0 Å². The van der Waals surface area contributed by atoms with Crippen molar-refractivity contribution in [3.63, 3.8) is 0 Å². The third kappa shape index (κ3) is 3.36. The summed E-state index contributed by atoms with van der Waals surface area (Å²) in [7, 11) is 0. The van der Waals surface area contributed by atoms with E-state index in [9.17, 15) is 9.90 Å². The van der Waals surface area contributed by atoms with Crippen molar-refractivity contribution in [2.24, 2.45) is 5.92 Å². The number of halogens is 1. The molecule has 1 aliphatic carbocycles. The number of benzene rings is 1. The lowest BCUT2D eigenvalue weighted by Crippen LogP contribution is -2.54. The summed E-state index contributed by atoms with van der Waals surface area (Å²) in [6.45, 7) is 2.13. The molecule has 2 aromatic rings. The lowest BCUT2D eigenvalue weighted by molar-refractivity contribution is -0.143. The van der Waals surface area contributed by atoms with Gasteiger partial charge in [0.2, 0.25) is 5.91 Å². The van der Waals surface area contributed by atoms with Crippen LogP contribution in [-0.4, -0.2) is 39.2 Å². The molecule has 1 N–H and O–H groups in total. The predicted octanol–water partition coefficient (Wildman–Crippen LogP) is 3.95. The number of piperidine rings is 1. The highest BCUT2D eigenvalue weighted by molar-refractivity contribution is 9.10. The van der Waals surface area contributed by atoms with Gasteiger partial charge in [-0.15, -0.1) is 0 Å². The van der Waals surface area contributed by atoms with E-state index in [0.717, 1.165) is 42.2 Å². The van der Waals surface area contributed by atoms with E-state index in [0.29, 0.717) is 19.5 Å². The molecule has 25 heavy (non-hydrogen) atoms. The number of aliphatic hydroxyl groups is 1. The first-order chi connectivity index (χ1) is 12.0. The van der Waals surface area contributed by atoms with E-state index in [-0.39, 0.29) is 11.8 Å². The summed E-state index contributed by atoms with van der Waals surface area (Å²) >= 11 is 3.52. The second kappa shape index (κ2) is 6.76. The average Bonchev–Trinajstić information content (AvgIpc) is 3.01. The number of carbonyl (C=O) groups is 1. The van der Waals surface area contributed by atoms with Gasteiger partial charge in [-0.1, -0.05) is 34.8 Å². The smallest absolute Gasteiger partial charge is 0.224 e. The molecule has 1 aromatic carbocycles. The molecule has 1 aliphatic heterocycles. The Labute approximate surface area is 156 Å². The van der Waals surface area contributed by atoms with Crippen LogP contribution in [0.25, 0.3) is 10.9 Å². The van der Waals surface area contributed by atoms with Gasteiger partial charge < -0.3 is 14.6 Å². The van der Waals surface area contributed by atoms with Crippen LogP contribution in [0, 0.1) is 5.92 Å². The molecule has 2 atom stereocenters. The first kappa shape index (κ1) is 17.1. The SMILES string of the molecule is O=C(CCn1ccc2ccc(Br)cc21)N1CCC2(O)CCCCC2C1. The third-order valence-electron chi connectivity index (χ3n) is 6.08. The van der Waals surface area contributed by atoms with Gasteiger partial charge in [-0.25, -0.2) is 0 Å². The number of hydrogen-bond acceptors (Lipinski definition) is 2. The van der Waals surface area contributed by atoms with E-state index in [2.05, 4.69) is 44.9 Å². The number of amides is 1. The molecule has 1 aromatic heterocycles. The van der Waals surface area contributed by atoms with Crippen LogP contribution in [0.15, 0.2) is 34.9 Å². The number of nitrogens with zero attached hydrogens (tertiary/aromatic N) is 2. The third-order valence-corrected chi connectivity index (χ3v) is 6.58. The minimum Gasteiger partial charge on any atom is -0.389 e. The fraction of sp³-hybridized carbons (Fsp3) is 0.550. The lowest BCUT2D eigenvalue weighted by atomic mass is 9.71. The van der Waals surface area contributed by atoms with Crippen molar-refractivity contribution < 1.29 is 9.90 Å². The van der Waals surface area contributed by atoms with Crippen molar-refractivity contribution in [2.75, 3.05) is 13.1 Å². The molecule has 2 aliphatic rings. The zero-order valence-electron chi connectivity index (χ0n) is 14.5. The largest absolute Gasteiger partial charge is 0.389 e. The molecule has 134 valence electrons. The quantitative estimate of drug-likeness (QED) is 0.841. The predicted molar refractivity (Wildman–Crippen MR) is 102 cm³/mol. The Kier molecular flexibility index (Phi) is 4.63. The van der Waals surface area contributed by atoms with Gasteiger partial charge >= 0.3 is 0 Å². The maximum absolute atomic E-state index is 12.7. The molecule has 1 amide bonds. The Hall–Kier alpha value is -1.33. The Balaban J connectivity index is 1.40. The molecule has 2 fully saturated rings. The fourth-order valence-electron chi connectivity index (χ4n) is 4.52.